The van der Waals surface area contributed by atoms with E-state index in [4.69, 9.17) is 23.2 Å². The first-order chi connectivity index (χ1) is 8.97. The van der Waals surface area contributed by atoms with Crippen molar-refractivity contribution < 1.29 is 9.50 Å². The van der Waals surface area contributed by atoms with Gasteiger partial charge in [-0.05, 0) is 42.8 Å². The summed E-state index contributed by atoms with van der Waals surface area (Å²) in [6, 6.07) is 7.24. The number of nitrogens with one attached hydrogen (secondary N) is 1. The number of anilines is 1. The van der Waals surface area contributed by atoms with Crippen molar-refractivity contribution in [3.05, 3.63) is 57.3 Å². The lowest BCUT2D eigenvalue weighted by Gasteiger charge is -2.11. The summed E-state index contributed by atoms with van der Waals surface area (Å²) in [6.07, 6.45) is 0. The number of hydrogen-bond acceptors (Lipinski definition) is 2. The van der Waals surface area contributed by atoms with E-state index in [-0.39, 0.29) is 12.3 Å². The van der Waals surface area contributed by atoms with Gasteiger partial charge < -0.3 is 10.4 Å². The highest BCUT2D eigenvalue weighted by Gasteiger charge is 2.07. The van der Waals surface area contributed by atoms with Gasteiger partial charge in [-0.3, -0.25) is 0 Å². The maximum absolute atomic E-state index is 13.1. The minimum absolute atomic E-state index is 0.0308. The van der Waals surface area contributed by atoms with E-state index < -0.39 is 5.82 Å². The first kappa shape index (κ1) is 14.0. The molecule has 0 atom stereocenters. The average Bonchev–Trinajstić information content (AvgIpc) is 2.36. The first-order valence-electron chi connectivity index (χ1n) is 5.64. The molecule has 0 aliphatic rings. The van der Waals surface area contributed by atoms with Crippen LogP contribution in [0, 0.1) is 12.7 Å². The molecule has 0 bridgehead atoms. The fourth-order valence-electron chi connectivity index (χ4n) is 1.67. The van der Waals surface area contributed by atoms with E-state index in [1.807, 2.05) is 6.92 Å². The fourth-order valence-corrected chi connectivity index (χ4v) is 2.12. The summed E-state index contributed by atoms with van der Waals surface area (Å²) in [4.78, 5) is 0. The molecule has 100 valence electrons. The largest absolute Gasteiger partial charge is 0.508 e. The molecule has 19 heavy (non-hydrogen) atoms. The molecule has 0 spiro atoms. The molecule has 2 N–H and O–H groups in total. The zero-order valence-corrected chi connectivity index (χ0v) is 11.7. The maximum Gasteiger partial charge on any atom is 0.123 e. The second kappa shape index (κ2) is 5.68. The van der Waals surface area contributed by atoms with Crippen molar-refractivity contribution in [2.45, 2.75) is 13.5 Å². The van der Waals surface area contributed by atoms with Gasteiger partial charge in [0, 0.05) is 17.1 Å². The van der Waals surface area contributed by atoms with Gasteiger partial charge in [0.1, 0.15) is 11.6 Å². The van der Waals surface area contributed by atoms with Gasteiger partial charge in [-0.15, -0.1) is 0 Å². The number of aromatic hydroxyl groups is 1. The fraction of sp³-hybridized carbons (Fsp3) is 0.143. The van der Waals surface area contributed by atoms with Gasteiger partial charge in [-0.25, -0.2) is 4.39 Å². The molecule has 2 nitrogen and oxygen atoms in total. The number of halogens is 3. The molecule has 0 heterocycles. The number of rotatable bonds is 3. The lowest BCUT2D eigenvalue weighted by Crippen LogP contribution is -2.01. The van der Waals surface area contributed by atoms with Crippen LogP contribution in [0.25, 0.3) is 0 Å². The van der Waals surface area contributed by atoms with Crippen molar-refractivity contribution in [2.75, 3.05) is 5.32 Å². The Kier molecular flexibility index (Phi) is 4.17. The molecule has 0 saturated carbocycles. The standard InChI is InChI=1S/C14H12Cl2FNO/c1-8-4-12(16)13(6-11(8)15)18-7-9-5-10(17)2-3-14(9)19/h2-6,18-19H,7H2,1H3. The van der Waals surface area contributed by atoms with Crippen LogP contribution >= 0.6 is 23.2 Å². The maximum atomic E-state index is 13.1. The molecule has 2 rings (SSSR count). The van der Waals surface area contributed by atoms with Crippen molar-refractivity contribution in [1.82, 2.24) is 0 Å². The van der Waals surface area contributed by atoms with E-state index in [1.165, 1.54) is 18.2 Å². The Morgan fingerprint density at radius 1 is 1.16 bits per heavy atom. The van der Waals surface area contributed by atoms with E-state index in [2.05, 4.69) is 5.32 Å². The minimum Gasteiger partial charge on any atom is -0.508 e. The summed E-state index contributed by atoms with van der Waals surface area (Å²) in [5, 5.41) is 13.8. The van der Waals surface area contributed by atoms with Crippen molar-refractivity contribution >= 4 is 28.9 Å². The molecule has 5 heteroatoms. The Balaban J connectivity index is 2.19. The number of phenols is 1. The van der Waals surface area contributed by atoms with Crippen molar-refractivity contribution in [3.63, 3.8) is 0 Å². The number of hydrogen-bond donors (Lipinski definition) is 2. The second-order valence-corrected chi connectivity index (χ2v) is 5.02. The summed E-state index contributed by atoms with van der Waals surface area (Å²) in [7, 11) is 0. The van der Waals surface area contributed by atoms with E-state index in [1.54, 1.807) is 12.1 Å². The smallest absolute Gasteiger partial charge is 0.123 e. The van der Waals surface area contributed by atoms with Crippen LogP contribution in [0.1, 0.15) is 11.1 Å². The molecule has 0 aliphatic carbocycles. The van der Waals surface area contributed by atoms with Crippen LogP contribution in [0.3, 0.4) is 0 Å². The summed E-state index contributed by atoms with van der Waals surface area (Å²) in [6.45, 7) is 2.11. The van der Waals surface area contributed by atoms with E-state index >= 15 is 0 Å². The second-order valence-electron chi connectivity index (χ2n) is 4.21. The molecule has 0 aliphatic heterocycles. The molecule has 0 unspecified atom stereocenters. The zero-order valence-electron chi connectivity index (χ0n) is 10.2. The quantitative estimate of drug-likeness (QED) is 0.856. The predicted octanol–water partition coefficient (Wildman–Crippen LogP) is 4.76. The Hall–Kier alpha value is -1.45. The van der Waals surface area contributed by atoms with Gasteiger partial charge in [0.25, 0.3) is 0 Å². The van der Waals surface area contributed by atoms with Crippen LogP contribution in [-0.4, -0.2) is 5.11 Å². The molecule has 0 aromatic heterocycles. The molecule has 2 aromatic rings. The third-order valence-electron chi connectivity index (χ3n) is 2.76. The molecule has 0 saturated heterocycles. The zero-order chi connectivity index (χ0) is 14.0. The van der Waals surface area contributed by atoms with Crippen LogP contribution in [0.2, 0.25) is 10.0 Å². The number of phenolic OH excluding ortho intramolecular Hbond substituents is 1. The third-order valence-corrected chi connectivity index (χ3v) is 3.48. The van der Waals surface area contributed by atoms with Gasteiger partial charge >= 0.3 is 0 Å². The summed E-state index contributed by atoms with van der Waals surface area (Å²) < 4.78 is 13.1. The highest BCUT2D eigenvalue weighted by molar-refractivity contribution is 6.35. The highest BCUT2D eigenvalue weighted by atomic mass is 35.5. The Labute approximate surface area is 120 Å². The summed E-state index contributed by atoms with van der Waals surface area (Å²) in [5.74, 6) is -0.370. The van der Waals surface area contributed by atoms with Crippen molar-refractivity contribution in [3.8, 4) is 5.75 Å². The van der Waals surface area contributed by atoms with Crippen LogP contribution in [-0.2, 0) is 6.54 Å². The lowest BCUT2D eigenvalue weighted by atomic mass is 10.1. The molecular formula is C14H12Cl2FNO. The van der Waals surface area contributed by atoms with Gasteiger partial charge in [0.15, 0.2) is 0 Å². The van der Waals surface area contributed by atoms with Gasteiger partial charge in [-0.1, -0.05) is 23.2 Å². The van der Waals surface area contributed by atoms with E-state index in [9.17, 15) is 9.50 Å². The topological polar surface area (TPSA) is 32.3 Å². The first-order valence-corrected chi connectivity index (χ1v) is 6.40. The average molecular weight is 300 g/mol. The SMILES string of the molecule is Cc1cc(Cl)c(NCc2cc(F)ccc2O)cc1Cl. The normalized spacial score (nSPS) is 10.5. The Bertz CT molecular complexity index is 617. The van der Waals surface area contributed by atoms with E-state index in [0.29, 0.717) is 21.3 Å². The number of benzene rings is 2. The van der Waals surface area contributed by atoms with Gasteiger partial charge in [0.2, 0.25) is 0 Å². The van der Waals surface area contributed by atoms with Gasteiger partial charge in [-0.2, -0.15) is 0 Å². The van der Waals surface area contributed by atoms with Crippen molar-refractivity contribution in [2.24, 2.45) is 0 Å². The van der Waals surface area contributed by atoms with E-state index in [0.717, 1.165) is 5.56 Å². The monoisotopic (exact) mass is 299 g/mol. The summed E-state index contributed by atoms with van der Waals surface area (Å²) >= 11 is 12.1. The molecule has 0 radical (unpaired) electrons. The summed E-state index contributed by atoms with van der Waals surface area (Å²) in [5.41, 5.74) is 1.97. The highest BCUT2D eigenvalue weighted by Crippen LogP contribution is 2.29. The Morgan fingerprint density at radius 3 is 2.63 bits per heavy atom. The Morgan fingerprint density at radius 2 is 1.89 bits per heavy atom. The molecule has 0 amide bonds. The van der Waals surface area contributed by atoms with Crippen LogP contribution < -0.4 is 5.32 Å². The predicted molar refractivity (Wildman–Crippen MR) is 76.6 cm³/mol. The molecular weight excluding hydrogens is 288 g/mol. The number of aryl methyl sites for hydroxylation is 1. The lowest BCUT2D eigenvalue weighted by molar-refractivity contribution is 0.466. The molecule has 0 fully saturated rings. The van der Waals surface area contributed by atoms with Crippen LogP contribution in [0.5, 0.6) is 5.75 Å². The van der Waals surface area contributed by atoms with Crippen LogP contribution in [0.15, 0.2) is 30.3 Å². The minimum atomic E-state index is -0.400. The molecule has 2 aromatic carbocycles. The van der Waals surface area contributed by atoms with Crippen LogP contribution in [0.4, 0.5) is 10.1 Å². The van der Waals surface area contributed by atoms with Crippen molar-refractivity contribution in [1.29, 1.82) is 0 Å². The third kappa shape index (κ3) is 3.31. The van der Waals surface area contributed by atoms with Gasteiger partial charge in [0.05, 0.1) is 10.7 Å².